The summed E-state index contributed by atoms with van der Waals surface area (Å²) >= 11 is 0. The summed E-state index contributed by atoms with van der Waals surface area (Å²) in [6, 6.07) is 23.1. The summed E-state index contributed by atoms with van der Waals surface area (Å²) in [6.45, 7) is 5.80. The van der Waals surface area contributed by atoms with Crippen molar-refractivity contribution < 1.29 is 20.1 Å². The molecule has 0 saturated heterocycles. The number of para-hydroxylation sites is 1. The second-order valence-corrected chi connectivity index (χ2v) is 7.80. The number of phenolic OH excluding ortho intramolecular Hbond substituents is 3. The van der Waals surface area contributed by atoms with E-state index in [9.17, 15) is 15.3 Å². The molecule has 4 aromatic rings. The van der Waals surface area contributed by atoms with Gasteiger partial charge in [0.05, 0.1) is 11.4 Å². The fourth-order valence-corrected chi connectivity index (χ4v) is 3.66. The third-order valence-corrected chi connectivity index (χ3v) is 5.35. The van der Waals surface area contributed by atoms with Crippen molar-refractivity contribution in [3.63, 3.8) is 0 Å². The van der Waals surface area contributed by atoms with E-state index in [1.54, 1.807) is 36.4 Å². The van der Waals surface area contributed by atoms with Gasteiger partial charge in [-0.3, -0.25) is 0 Å². The molecular formula is C27H25NO4. The van der Waals surface area contributed by atoms with Gasteiger partial charge in [0.25, 0.3) is 0 Å². The molecule has 4 rings (SSSR count). The van der Waals surface area contributed by atoms with E-state index < -0.39 is 0 Å². The van der Waals surface area contributed by atoms with Gasteiger partial charge in [-0.05, 0) is 67.8 Å². The molecule has 32 heavy (non-hydrogen) atoms. The molecule has 162 valence electrons. The maximum Gasteiger partial charge on any atom is 0.171 e. The summed E-state index contributed by atoms with van der Waals surface area (Å²) < 4.78 is 6.03. The lowest BCUT2D eigenvalue weighted by atomic mass is 10.1. The number of hydrogen-bond donors (Lipinski definition) is 3. The molecule has 0 aromatic heterocycles. The summed E-state index contributed by atoms with van der Waals surface area (Å²) in [5.41, 5.74) is 5.05. The van der Waals surface area contributed by atoms with Gasteiger partial charge in [-0.2, -0.15) is 0 Å². The highest BCUT2D eigenvalue weighted by Gasteiger charge is 2.19. The fraction of sp³-hybridized carbons (Fsp3) is 0.111. The zero-order chi connectivity index (χ0) is 22.8. The van der Waals surface area contributed by atoms with Crippen molar-refractivity contribution in [1.82, 2.24) is 0 Å². The van der Waals surface area contributed by atoms with Crippen LogP contribution in [0.1, 0.15) is 16.7 Å². The summed E-state index contributed by atoms with van der Waals surface area (Å²) in [5.74, 6) is 1.31. The van der Waals surface area contributed by atoms with Gasteiger partial charge in [0.1, 0.15) is 17.2 Å². The van der Waals surface area contributed by atoms with Gasteiger partial charge < -0.3 is 25.0 Å². The Kier molecular flexibility index (Phi) is 5.65. The zero-order valence-electron chi connectivity index (χ0n) is 18.2. The summed E-state index contributed by atoms with van der Waals surface area (Å²) in [6.07, 6.45) is 0. The highest BCUT2D eigenvalue weighted by Crippen LogP contribution is 2.42. The molecule has 0 spiro atoms. The second kappa shape index (κ2) is 8.55. The van der Waals surface area contributed by atoms with Crippen LogP contribution in [0.15, 0.2) is 78.9 Å². The first kappa shape index (κ1) is 21.1. The Balaban J connectivity index is 1.86. The molecule has 5 heteroatoms. The van der Waals surface area contributed by atoms with Crippen LogP contribution >= 0.6 is 0 Å². The van der Waals surface area contributed by atoms with E-state index in [2.05, 4.69) is 0 Å². The Morgan fingerprint density at radius 1 is 0.625 bits per heavy atom. The van der Waals surface area contributed by atoms with Crippen molar-refractivity contribution in [2.45, 2.75) is 20.8 Å². The predicted molar refractivity (Wildman–Crippen MR) is 127 cm³/mol. The van der Waals surface area contributed by atoms with E-state index in [4.69, 9.17) is 4.74 Å². The van der Waals surface area contributed by atoms with Gasteiger partial charge in [0.2, 0.25) is 0 Å². The first-order valence-electron chi connectivity index (χ1n) is 10.3. The van der Waals surface area contributed by atoms with Crippen LogP contribution in [0.4, 0.5) is 17.1 Å². The van der Waals surface area contributed by atoms with E-state index in [0.717, 1.165) is 33.8 Å². The van der Waals surface area contributed by atoms with Crippen molar-refractivity contribution in [2.75, 3.05) is 4.90 Å². The number of aromatic hydroxyl groups is 3. The van der Waals surface area contributed by atoms with E-state index in [1.807, 2.05) is 68.1 Å². The van der Waals surface area contributed by atoms with Crippen molar-refractivity contribution in [3.8, 4) is 28.7 Å². The molecule has 4 aromatic carbocycles. The molecule has 0 bridgehead atoms. The van der Waals surface area contributed by atoms with Crippen LogP contribution < -0.4 is 9.64 Å². The molecule has 0 unspecified atom stereocenters. The lowest BCUT2D eigenvalue weighted by Crippen LogP contribution is -2.12. The molecule has 0 saturated carbocycles. The number of ether oxygens (including phenoxy) is 1. The van der Waals surface area contributed by atoms with Crippen LogP contribution in [-0.2, 0) is 0 Å². The van der Waals surface area contributed by atoms with Crippen molar-refractivity contribution in [2.24, 2.45) is 0 Å². The van der Waals surface area contributed by atoms with Gasteiger partial charge in [0.15, 0.2) is 11.5 Å². The molecule has 0 aliphatic rings. The predicted octanol–water partition coefficient (Wildman–Crippen LogP) is 6.99. The van der Waals surface area contributed by atoms with Gasteiger partial charge in [-0.1, -0.05) is 30.3 Å². The first-order chi connectivity index (χ1) is 15.3. The van der Waals surface area contributed by atoms with Crippen LogP contribution in [0.25, 0.3) is 0 Å². The third-order valence-electron chi connectivity index (χ3n) is 5.35. The Labute approximate surface area is 187 Å². The summed E-state index contributed by atoms with van der Waals surface area (Å²) in [5, 5.41) is 30.6. The molecule has 0 aliphatic heterocycles. The maximum absolute atomic E-state index is 10.2. The molecule has 3 N–H and O–H groups in total. The Hall–Kier alpha value is -4.12. The molecular weight excluding hydrogens is 402 g/mol. The Morgan fingerprint density at radius 2 is 1.22 bits per heavy atom. The highest BCUT2D eigenvalue weighted by molar-refractivity contribution is 5.81. The Bertz CT molecular complexity index is 1210. The van der Waals surface area contributed by atoms with Crippen molar-refractivity contribution >= 4 is 17.1 Å². The molecule has 0 amide bonds. The first-order valence-corrected chi connectivity index (χ1v) is 10.3. The van der Waals surface area contributed by atoms with Gasteiger partial charge >= 0.3 is 0 Å². The number of nitrogens with zero attached hydrogens (tertiary/aromatic N) is 1. The van der Waals surface area contributed by atoms with Gasteiger partial charge in [-0.25, -0.2) is 0 Å². The topological polar surface area (TPSA) is 73.2 Å². The normalized spacial score (nSPS) is 10.7. The minimum Gasteiger partial charge on any atom is -0.508 e. The number of benzene rings is 4. The van der Waals surface area contributed by atoms with Crippen LogP contribution in [0.3, 0.4) is 0 Å². The number of aryl methyl sites for hydroxylation is 3. The standard InChI is InChI=1S/C27H25NO4/c1-17-10-12-21(29)15-24(17)28(25-16-22(30)13-11-18(25)2)20-7-5-8-23(14-20)32-27-19(3)6-4-9-26(27)31/h4-16,29-31H,1-3H3. The van der Waals surface area contributed by atoms with Crippen LogP contribution in [0.5, 0.6) is 28.7 Å². The van der Waals surface area contributed by atoms with Crippen molar-refractivity contribution in [3.05, 3.63) is 95.6 Å². The maximum atomic E-state index is 10.2. The van der Waals surface area contributed by atoms with Crippen LogP contribution in [-0.4, -0.2) is 15.3 Å². The van der Waals surface area contributed by atoms with E-state index >= 15 is 0 Å². The Morgan fingerprint density at radius 3 is 1.81 bits per heavy atom. The smallest absolute Gasteiger partial charge is 0.171 e. The molecule has 0 aliphatic carbocycles. The van der Waals surface area contributed by atoms with Crippen LogP contribution in [0, 0.1) is 20.8 Å². The quantitative estimate of drug-likeness (QED) is 0.320. The molecule has 0 heterocycles. The molecule has 0 fully saturated rings. The average Bonchev–Trinajstić information content (AvgIpc) is 2.76. The second-order valence-electron chi connectivity index (χ2n) is 7.80. The molecule has 0 atom stereocenters. The lowest BCUT2D eigenvalue weighted by Gasteiger charge is -2.29. The summed E-state index contributed by atoms with van der Waals surface area (Å²) in [4.78, 5) is 1.97. The van der Waals surface area contributed by atoms with Gasteiger partial charge in [0, 0.05) is 23.9 Å². The summed E-state index contributed by atoms with van der Waals surface area (Å²) in [7, 11) is 0. The minimum atomic E-state index is 0.0694. The number of anilines is 3. The third kappa shape index (κ3) is 4.18. The van der Waals surface area contributed by atoms with E-state index in [1.165, 1.54) is 0 Å². The highest BCUT2D eigenvalue weighted by atomic mass is 16.5. The number of hydrogen-bond acceptors (Lipinski definition) is 5. The number of phenols is 3. The minimum absolute atomic E-state index is 0.0694. The zero-order valence-corrected chi connectivity index (χ0v) is 18.2. The fourth-order valence-electron chi connectivity index (χ4n) is 3.66. The van der Waals surface area contributed by atoms with Crippen LogP contribution in [0.2, 0.25) is 0 Å². The van der Waals surface area contributed by atoms with Crippen molar-refractivity contribution in [1.29, 1.82) is 0 Å². The lowest BCUT2D eigenvalue weighted by molar-refractivity contribution is 0.409. The molecule has 5 nitrogen and oxygen atoms in total. The largest absolute Gasteiger partial charge is 0.508 e. The average molecular weight is 428 g/mol. The number of rotatable bonds is 5. The monoisotopic (exact) mass is 427 g/mol. The van der Waals surface area contributed by atoms with E-state index in [0.29, 0.717) is 11.5 Å². The van der Waals surface area contributed by atoms with E-state index in [-0.39, 0.29) is 17.2 Å². The molecule has 0 radical (unpaired) electrons. The van der Waals surface area contributed by atoms with Gasteiger partial charge in [-0.15, -0.1) is 0 Å². The SMILES string of the molecule is Cc1ccc(O)cc1N(c1cccc(Oc2c(C)cccc2O)c1)c1cc(O)ccc1C.